The molecule has 2 aromatic heterocycles. The lowest BCUT2D eigenvalue weighted by atomic mass is 9.91. The van der Waals surface area contributed by atoms with E-state index in [9.17, 15) is 0 Å². The Kier molecular flexibility index (Phi) is 2.59. The van der Waals surface area contributed by atoms with Crippen LogP contribution in [0.2, 0.25) is 0 Å². The van der Waals surface area contributed by atoms with E-state index in [-0.39, 0.29) is 0 Å². The van der Waals surface area contributed by atoms with Crippen molar-refractivity contribution in [1.29, 1.82) is 0 Å². The summed E-state index contributed by atoms with van der Waals surface area (Å²) in [5.41, 5.74) is 7.46. The van der Waals surface area contributed by atoms with E-state index in [1.54, 1.807) is 6.20 Å². The number of nitrogens with zero attached hydrogens (tertiary/aromatic N) is 2. The molecule has 2 heterocycles. The standard InChI is InChI=1S/C13H17N3O/c14-13(7-3-1-2-4-8-13)12-16-11-10(17-12)6-5-9-15-11/h5-6,9H,1-4,7-8,14H2. The first-order valence-corrected chi connectivity index (χ1v) is 6.29. The van der Waals surface area contributed by atoms with Gasteiger partial charge in [0.05, 0.1) is 5.54 Å². The number of aromatic nitrogens is 2. The Morgan fingerprint density at radius 2 is 1.94 bits per heavy atom. The molecule has 4 nitrogen and oxygen atoms in total. The molecule has 0 amide bonds. The minimum Gasteiger partial charge on any atom is -0.437 e. The predicted octanol–water partition coefficient (Wildman–Crippen LogP) is 2.73. The van der Waals surface area contributed by atoms with E-state index in [0.717, 1.165) is 31.3 Å². The first-order chi connectivity index (χ1) is 8.28. The number of pyridine rings is 1. The molecule has 0 unspecified atom stereocenters. The topological polar surface area (TPSA) is 64.9 Å². The zero-order valence-corrected chi connectivity index (χ0v) is 9.85. The van der Waals surface area contributed by atoms with E-state index < -0.39 is 5.54 Å². The van der Waals surface area contributed by atoms with Crippen LogP contribution in [0.15, 0.2) is 22.7 Å². The van der Waals surface area contributed by atoms with Crippen LogP contribution < -0.4 is 5.73 Å². The quantitative estimate of drug-likeness (QED) is 0.766. The van der Waals surface area contributed by atoms with Crippen LogP contribution in [-0.2, 0) is 5.54 Å². The van der Waals surface area contributed by atoms with Crippen LogP contribution in [0.3, 0.4) is 0 Å². The molecule has 3 rings (SSSR count). The molecule has 0 aliphatic heterocycles. The van der Waals surface area contributed by atoms with E-state index in [1.807, 2.05) is 12.1 Å². The van der Waals surface area contributed by atoms with Crippen LogP contribution in [0.1, 0.15) is 44.4 Å². The summed E-state index contributed by atoms with van der Waals surface area (Å²) in [5.74, 6) is 0.660. The minimum atomic E-state index is -0.392. The van der Waals surface area contributed by atoms with E-state index in [2.05, 4.69) is 9.97 Å². The molecule has 0 aromatic carbocycles. The monoisotopic (exact) mass is 231 g/mol. The van der Waals surface area contributed by atoms with Crippen molar-refractivity contribution in [2.24, 2.45) is 5.73 Å². The van der Waals surface area contributed by atoms with Gasteiger partial charge < -0.3 is 10.2 Å². The van der Waals surface area contributed by atoms with Crippen LogP contribution in [0.4, 0.5) is 0 Å². The van der Waals surface area contributed by atoms with Gasteiger partial charge in [0.15, 0.2) is 11.2 Å². The third-order valence-corrected chi connectivity index (χ3v) is 3.59. The second-order valence-corrected chi connectivity index (χ2v) is 4.91. The summed E-state index contributed by atoms with van der Waals surface area (Å²) in [7, 11) is 0. The molecule has 4 heteroatoms. The first kappa shape index (κ1) is 10.7. The smallest absolute Gasteiger partial charge is 0.217 e. The maximum atomic E-state index is 6.46. The molecule has 2 N–H and O–H groups in total. The van der Waals surface area contributed by atoms with Gasteiger partial charge in [-0.2, -0.15) is 4.98 Å². The van der Waals surface area contributed by atoms with Crippen molar-refractivity contribution in [2.45, 2.75) is 44.1 Å². The van der Waals surface area contributed by atoms with Gasteiger partial charge in [0.25, 0.3) is 0 Å². The fourth-order valence-electron chi connectivity index (χ4n) is 2.56. The Hall–Kier alpha value is -1.42. The Labute approximate surface area is 100 Å². The van der Waals surface area contributed by atoms with Crippen molar-refractivity contribution in [2.75, 3.05) is 0 Å². The van der Waals surface area contributed by atoms with Crippen LogP contribution in [-0.4, -0.2) is 9.97 Å². The Morgan fingerprint density at radius 1 is 1.18 bits per heavy atom. The van der Waals surface area contributed by atoms with Crippen LogP contribution >= 0.6 is 0 Å². The maximum Gasteiger partial charge on any atom is 0.217 e. The Bertz CT molecular complexity index is 479. The lowest BCUT2D eigenvalue weighted by Crippen LogP contribution is -2.36. The fraction of sp³-hybridized carbons (Fsp3) is 0.538. The van der Waals surface area contributed by atoms with Gasteiger partial charge in [0, 0.05) is 6.20 Å². The third kappa shape index (κ3) is 1.93. The summed E-state index contributed by atoms with van der Waals surface area (Å²) in [6, 6.07) is 3.74. The van der Waals surface area contributed by atoms with Crippen molar-refractivity contribution in [3.63, 3.8) is 0 Å². The second kappa shape index (κ2) is 4.11. The number of oxazole rings is 1. The highest BCUT2D eigenvalue weighted by atomic mass is 16.4. The normalized spacial score (nSPS) is 20.3. The molecule has 0 radical (unpaired) electrons. The summed E-state index contributed by atoms with van der Waals surface area (Å²) in [5, 5.41) is 0. The highest BCUT2D eigenvalue weighted by molar-refractivity contribution is 5.67. The molecular formula is C13H17N3O. The van der Waals surface area contributed by atoms with E-state index >= 15 is 0 Å². The molecule has 17 heavy (non-hydrogen) atoms. The molecule has 1 fully saturated rings. The van der Waals surface area contributed by atoms with E-state index in [4.69, 9.17) is 10.2 Å². The molecular weight excluding hydrogens is 214 g/mol. The summed E-state index contributed by atoms with van der Waals surface area (Å²) < 4.78 is 5.77. The number of hydrogen-bond acceptors (Lipinski definition) is 4. The molecule has 1 aliphatic rings. The minimum absolute atomic E-state index is 0.392. The van der Waals surface area contributed by atoms with Gasteiger partial charge in [-0.05, 0) is 25.0 Å². The van der Waals surface area contributed by atoms with Gasteiger partial charge in [-0.15, -0.1) is 0 Å². The predicted molar refractivity (Wildman–Crippen MR) is 65.4 cm³/mol. The molecule has 0 bridgehead atoms. The van der Waals surface area contributed by atoms with Crippen LogP contribution in [0, 0.1) is 0 Å². The van der Waals surface area contributed by atoms with E-state index in [0.29, 0.717) is 11.5 Å². The molecule has 90 valence electrons. The van der Waals surface area contributed by atoms with Crippen LogP contribution in [0.25, 0.3) is 11.2 Å². The maximum absolute atomic E-state index is 6.46. The third-order valence-electron chi connectivity index (χ3n) is 3.59. The van der Waals surface area contributed by atoms with Gasteiger partial charge in [-0.25, -0.2) is 4.98 Å². The van der Waals surface area contributed by atoms with Gasteiger partial charge in [0.2, 0.25) is 5.89 Å². The van der Waals surface area contributed by atoms with E-state index in [1.165, 1.54) is 12.8 Å². The zero-order chi connectivity index (χ0) is 11.7. The molecule has 0 atom stereocenters. The SMILES string of the molecule is NC1(c2nc3ncccc3o2)CCCCCC1. The Morgan fingerprint density at radius 3 is 2.65 bits per heavy atom. The zero-order valence-electron chi connectivity index (χ0n) is 9.85. The van der Waals surface area contributed by atoms with Gasteiger partial charge in [0.1, 0.15) is 0 Å². The van der Waals surface area contributed by atoms with Crippen molar-refractivity contribution >= 4 is 11.2 Å². The van der Waals surface area contributed by atoms with Crippen LogP contribution in [0.5, 0.6) is 0 Å². The largest absolute Gasteiger partial charge is 0.437 e. The Balaban J connectivity index is 2.01. The van der Waals surface area contributed by atoms with Gasteiger partial charge in [-0.3, -0.25) is 0 Å². The highest BCUT2D eigenvalue weighted by Gasteiger charge is 2.33. The lowest BCUT2D eigenvalue weighted by Gasteiger charge is -2.23. The summed E-state index contributed by atoms with van der Waals surface area (Å²) >= 11 is 0. The summed E-state index contributed by atoms with van der Waals surface area (Å²) in [4.78, 5) is 8.64. The average molecular weight is 231 g/mol. The average Bonchev–Trinajstić information content (AvgIpc) is 2.66. The summed E-state index contributed by atoms with van der Waals surface area (Å²) in [6.45, 7) is 0. The number of nitrogens with two attached hydrogens (primary N) is 1. The fourth-order valence-corrected chi connectivity index (χ4v) is 2.56. The first-order valence-electron chi connectivity index (χ1n) is 6.29. The lowest BCUT2D eigenvalue weighted by molar-refractivity contribution is 0.301. The summed E-state index contributed by atoms with van der Waals surface area (Å²) in [6.07, 6.45) is 8.48. The van der Waals surface area contributed by atoms with Crippen molar-refractivity contribution in [3.8, 4) is 0 Å². The van der Waals surface area contributed by atoms with Crippen molar-refractivity contribution in [1.82, 2.24) is 9.97 Å². The van der Waals surface area contributed by atoms with Crippen molar-refractivity contribution < 1.29 is 4.42 Å². The number of rotatable bonds is 1. The van der Waals surface area contributed by atoms with Crippen molar-refractivity contribution in [3.05, 3.63) is 24.2 Å². The molecule has 0 saturated heterocycles. The van der Waals surface area contributed by atoms with Gasteiger partial charge in [-0.1, -0.05) is 25.7 Å². The molecule has 2 aromatic rings. The molecule has 1 aliphatic carbocycles. The van der Waals surface area contributed by atoms with Gasteiger partial charge >= 0.3 is 0 Å². The molecule has 1 saturated carbocycles. The number of fused-ring (bicyclic) bond motifs is 1. The second-order valence-electron chi connectivity index (χ2n) is 4.91. The molecule has 0 spiro atoms. The highest BCUT2D eigenvalue weighted by Crippen LogP contribution is 2.34. The number of hydrogen-bond donors (Lipinski definition) is 1.